The highest BCUT2D eigenvalue weighted by atomic mass is 16.3. The summed E-state index contributed by atoms with van der Waals surface area (Å²) in [5, 5.41) is 3.56. The second-order valence-electron chi connectivity index (χ2n) is 7.52. The average Bonchev–Trinajstić information content (AvgIpc) is 3.14. The Balaban J connectivity index is 1.96. The maximum atomic E-state index is 5.99. The predicted octanol–water partition coefficient (Wildman–Crippen LogP) is 7.18. The van der Waals surface area contributed by atoms with Gasteiger partial charge in [0.2, 0.25) is 0 Å². The number of fused-ring (bicyclic) bond motifs is 6. The van der Waals surface area contributed by atoms with Gasteiger partial charge in [-0.05, 0) is 57.3 Å². The molecule has 0 saturated heterocycles. The molecular weight excluding hydrogens is 316 g/mol. The molecule has 0 saturated carbocycles. The molecule has 126 valence electrons. The number of hydrogen-bond donors (Lipinski definition) is 0. The Morgan fingerprint density at radius 3 is 2.46 bits per heavy atom. The molecule has 0 N–H and O–H groups in total. The Morgan fingerprint density at radius 1 is 0.885 bits per heavy atom. The molecule has 3 aromatic carbocycles. The van der Waals surface area contributed by atoms with Crippen molar-refractivity contribution in [2.24, 2.45) is 0 Å². The first-order valence-electron chi connectivity index (χ1n) is 8.94. The first-order valence-corrected chi connectivity index (χ1v) is 8.94. The Hall–Kier alpha value is -3.06. The fourth-order valence-corrected chi connectivity index (χ4v) is 4.51. The van der Waals surface area contributed by atoms with Crippen molar-refractivity contribution in [2.75, 3.05) is 0 Å². The van der Waals surface area contributed by atoms with Crippen molar-refractivity contribution in [1.82, 2.24) is 0 Å². The Bertz CT molecular complexity index is 1230. The minimum Gasteiger partial charge on any atom is -0.456 e. The van der Waals surface area contributed by atoms with Gasteiger partial charge in [-0.25, -0.2) is 0 Å². The zero-order chi connectivity index (χ0) is 18.1. The van der Waals surface area contributed by atoms with Crippen LogP contribution >= 0.6 is 0 Å². The lowest BCUT2D eigenvalue weighted by Gasteiger charge is -2.21. The quantitative estimate of drug-likeness (QED) is 0.378. The standard InChI is InChI=1S/C25H20O/c1-5-16-22(6-2)26-23-12-11-15-13-21-19(14-18(15)24(16)23)17-9-7-8-10-20(17)25(21,3)4/h5-14H,1-2H2,3-4H3. The maximum Gasteiger partial charge on any atom is 0.136 e. The second kappa shape index (κ2) is 4.98. The van der Waals surface area contributed by atoms with E-state index >= 15 is 0 Å². The maximum absolute atomic E-state index is 5.99. The van der Waals surface area contributed by atoms with Crippen LogP contribution in [0.3, 0.4) is 0 Å². The van der Waals surface area contributed by atoms with E-state index in [9.17, 15) is 0 Å². The van der Waals surface area contributed by atoms with Crippen LogP contribution in [0.4, 0.5) is 0 Å². The van der Waals surface area contributed by atoms with Crippen LogP contribution in [-0.2, 0) is 5.41 Å². The highest BCUT2D eigenvalue weighted by molar-refractivity contribution is 6.12. The zero-order valence-electron chi connectivity index (χ0n) is 15.1. The summed E-state index contributed by atoms with van der Waals surface area (Å²) in [6, 6.07) is 17.6. The number of hydrogen-bond acceptors (Lipinski definition) is 1. The van der Waals surface area contributed by atoms with Crippen LogP contribution in [0, 0.1) is 0 Å². The molecule has 0 bridgehead atoms. The number of benzene rings is 3. The monoisotopic (exact) mass is 336 g/mol. The lowest BCUT2D eigenvalue weighted by atomic mass is 9.82. The molecule has 0 amide bonds. The predicted molar refractivity (Wildman–Crippen MR) is 111 cm³/mol. The van der Waals surface area contributed by atoms with Crippen LogP contribution in [0.2, 0.25) is 0 Å². The van der Waals surface area contributed by atoms with E-state index in [4.69, 9.17) is 4.42 Å². The van der Waals surface area contributed by atoms with Gasteiger partial charge in [-0.2, -0.15) is 0 Å². The van der Waals surface area contributed by atoms with E-state index in [0.29, 0.717) is 0 Å². The Kier molecular flexibility index (Phi) is 2.92. The molecule has 0 unspecified atom stereocenters. The molecule has 1 aromatic heterocycles. The van der Waals surface area contributed by atoms with Gasteiger partial charge in [0.05, 0.1) is 0 Å². The van der Waals surface area contributed by atoms with Crippen LogP contribution in [0.1, 0.15) is 36.3 Å². The Labute approximate surface area is 153 Å². The Morgan fingerprint density at radius 2 is 1.69 bits per heavy atom. The molecule has 0 radical (unpaired) electrons. The third-order valence-corrected chi connectivity index (χ3v) is 5.83. The van der Waals surface area contributed by atoms with Crippen molar-refractivity contribution in [3.63, 3.8) is 0 Å². The largest absolute Gasteiger partial charge is 0.456 e. The molecule has 26 heavy (non-hydrogen) atoms. The highest BCUT2D eigenvalue weighted by Crippen LogP contribution is 2.50. The van der Waals surface area contributed by atoms with Gasteiger partial charge in [0, 0.05) is 16.4 Å². The van der Waals surface area contributed by atoms with Gasteiger partial charge in [-0.3, -0.25) is 0 Å². The van der Waals surface area contributed by atoms with Crippen LogP contribution in [0.5, 0.6) is 0 Å². The molecule has 1 heterocycles. The number of furan rings is 1. The van der Waals surface area contributed by atoms with Gasteiger partial charge < -0.3 is 4.42 Å². The summed E-state index contributed by atoms with van der Waals surface area (Å²) < 4.78 is 5.99. The summed E-state index contributed by atoms with van der Waals surface area (Å²) in [6.07, 6.45) is 3.63. The van der Waals surface area contributed by atoms with Gasteiger partial charge in [0.1, 0.15) is 11.3 Å². The molecule has 0 atom stereocenters. The molecule has 0 spiro atoms. The molecule has 1 heteroatoms. The van der Waals surface area contributed by atoms with Crippen molar-refractivity contribution >= 4 is 33.9 Å². The third-order valence-electron chi connectivity index (χ3n) is 5.83. The summed E-state index contributed by atoms with van der Waals surface area (Å²) in [4.78, 5) is 0. The van der Waals surface area contributed by atoms with E-state index in [1.54, 1.807) is 6.08 Å². The second-order valence-corrected chi connectivity index (χ2v) is 7.52. The fraction of sp³-hybridized carbons (Fsp3) is 0.120. The van der Waals surface area contributed by atoms with E-state index < -0.39 is 0 Å². The first-order chi connectivity index (χ1) is 12.6. The summed E-state index contributed by atoms with van der Waals surface area (Å²) in [5.41, 5.74) is 7.35. The molecule has 0 aliphatic heterocycles. The summed E-state index contributed by atoms with van der Waals surface area (Å²) in [7, 11) is 0. The molecule has 1 nitrogen and oxygen atoms in total. The van der Waals surface area contributed by atoms with Crippen molar-refractivity contribution in [3.8, 4) is 11.1 Å². The van der Waals surface area contributed by atoms with Gasteiger partial charge >= 0.3 is 0 Å². The smallest absolute Gasteiger partial charge is 0.136 e. The van der Waals surface area contributed by atoms with Gasteiger partial charge in [-0.1, -0.05) is 63.4 Å². The van der Waals surface area contributed by atoms with Crippen molar-refractivity contribution in [2.45, 2.75) is 19.3 Å². The highest BCUT2D eigenvalue weighted by Gasteiger charge is 2.35. The summed E-state index contributed by atoms with van der Waals surface area (Å²) in [5.74, 6) is 0.781. The molecule has 4 aromatic rings. The molecule has 1 aliphatic rings. The van der Waals surface area contributed by atoms with Crippen molar-refractivity contribution in [1.29, 1.82) is 0 Å². The fourth-order valence-electron chi connectivity index (χ4n) is 4.51. The lowest BCUT2D eigenvalue weighted by molar-refractivity contribution is 0.604. The van der Waals surface area contributed by atoms with E-state index in [0.717, 1.165) is 22.3 Å². The van der Waals surface area contributed by atoms with Gasteiger partial charge in [-0.15, -0.1) is 0 Å². The zero-order valence-corrected chi connectivity index (χ0v) is 15.1. The summed E-state index contributed by atoms with van der Waals surface area (Å²) >= 11 is 0. The number of rotatable bonds is 2. The van der Waals surface area contributed by atoms with Crippen LogP contribution in [-0.4, -0.2) is 0 Å². The normalized spacial score (nSPS) is 14.4. The minimum atomic E-state index is 0.0129. The minimum absolute atomic E-state index is 0.0129. The summed E-state index contributed by atoms with van der Waals surface area (Å²) in [6.45, 7) is 12.5. The van der Waals surface area contributed by atoms with Crippen molar-refractivity contribution < 1.29 is 4.42 Å². The van der Waals surface area contributed by atoms with E-state index in [-0.39, 0.29) is 5.41 Å². The van der Waals surface area contributed by atoms with Gasteiger partial charge in [0.15, 0.2) is 0 Å². The molecule has 5 rings (SSSR count). The van der Waals surface area contributed by atoms with Crippen molar-refractivity contribution in [3.05, 3.63) is 84.1 Å². The topological polar surface area (TPSA) is 13.1 Å². The van der Waals surface area contributed by atoms with Crippen LogP contribution in [0.15, 0.2) is 66.1 Å². The SMILES string of the molecule is C=Cc1oc2ccc3cc4c(cc3c2c1C=C)-c1ccccc1C4(C)C. The molecule has 1 aliphatic carbocycles. The van der Waals surface area contributed by atoms with E-state index in [1.165, 1.54) is 33.0 Å². The third kappa shape index (κ3) is 1.75. The lowest BCUT2D eigenvalue weighted by Crippen LogP contribution is -2.14. The van der Waals surface area contributed by atoms with E-state index in [1.807, 2.05) is 6.08 Å². The van der Waals surface area contributed by atoms with Crippen LogP contribution < -0.4 is 0 Å². The van der Waals surface area contributed by atoms with Gasteiger partial charge in [0.25, 0.3) is 0 Å². The molecule has 0 fully saturated rings. The first kappa shape index (κ1) is 15.2. The van der Waals surface area contributed by atoms with E-state index in [2.05, 4.69) is 75.5 Å². The average molecular weight is 336 g/mol. The molecular formula is C25H20O. The van der Waals surface area contributed by atoms with Crippen LogP contribution in [0.25, 0.3) is 45.0 Å².